The Bertz CT molecular complexity index is 966. The van der Waals surface area contributed by atoms with Gasteiger partial charge >= 0.3 is 0 Å². The van der Waals surface area contributed by atoms with Gasteiger partial charge in [0.15, 0.2) is 0 Å². The number of carbonyl (C=O) groups is 1. The highest BCUT2D eigenvalue weighted by Crippen LogP contribution is 2.26. The standard InChI is InChI=1S/C23H26N4O2/c1-17-14-26(13-12-24-17)23(28)21-16-27(15-18-6-4-3-5-7-18)25-22(21)19-8-10-20(29-2)11-9-19/h3-11,16-17,24H,12-15H2,1-2H3. The second-order valence-corrected chi connectivity index (χ2v) is 7.41. The van der Waals surface area contributed by atoms with Crippen LogP contribution in [0, 0.1) is 0 Å². The number of amides is 1. The van der Waals surface area contributed by atoms with E-state index in [0.717, 1.165) is 23.4 Å². The Morgan fingerprint density at radius 1 is 1.17 bits per heavy atom. The molecule has 1 amide bonds. The van der Waals surface area contributed by atoms with Crippen LogP contribution in [-0.2, 0) is 6.54 Å². The molecule has 1 saturated heterocycles. The van der Waals surface area contributed by atoms with Crippen LogP contribution >= 0.6 is 0 Å². The fraction of sp³-hybridized carbons (Fsp3) is 0.304. The van der Waals surface area contributed by atoms with Gasteiger partial charge in [-0.05, 0) is 36.8 Å². The predicted molar refractivity (Wildman–Crippen MR) is 113 cm³/mol. The third-order valence-electron chi connectivity index (χ3n) is 5.20. The van der Waals surface area contributed by atoms with E-state index in [9.17, 15) is 4.79 Å². The number of rotatable bonds is 5. The van der Waals surface area contributed by atoms with E-state index < -0.39 is 0 Å². The predicted octanol–water partition coefficient (Wildman–Crippen LogP) is 3.04. The molecule has 1 atom stereocenters. The number of methoxy groups -OCH3 is 1. The Morgan fingerprint density at radius 2 is 1.93 bits per heavy atom. The molecule has 1 aliphatic heterocycles. The first kappa shape index (κ1) is 19.2. The monoisotopic (exact) mass is 390 g/mol. The topological polar surface area (TPSA) is 59.4 Å². The van der Waals surface area contributed by atoms with Crippen molar-refractivity contribution < 1.29 is 9.53 Å². The van der Waals surface area contributed by atoms with Crippen LogP contribution in [0.4, 0.5) is 0 Å². The van der Waals surface area contributed by atoms with Gasteiger partial charge in [-0.3, -0.25) is 9.48 Å². The number of nitrogens with zero attached hydrogens (tertiary/aromatic N) is 3. The van der Waals surface area contributed by atoms with Gasteiger partial charge in [0.05, 0.1) is 19.2 Å². The van der Waals surface area contributed by atoms with E-state index in [1.165, 1.54) is 0 Å². The van der Waals surface area contributed by atoms with Crippen molar-refractivity contribution in [1.82, 2.24) is 20.0 Å². The Morgan fingerprint density at radius 3 is 2.62 bits per heavy atom. The van der Waals surface area contributed by atoms with Gasteiger partial charge in [-0.2, -0.15) is 5.10 Å². The third kappa shape index (κ3) is 4.32. The highest BCUT2D eigenvalue weighted by atomic mass is 16.5. The second-order valence-electron chi connectivity index (χ2n) is 7.41. The number of piperazine rings is 1. The van der Waals surface area contributed by atoms with Crippen LogP contribution in [-0.4, -0.2) is 53.4 Å². The molecular formula is C23H26N4O2. The van der Waals surface area contributed by atoms with Crippen LogP contribution in [0.1, 0.15) is 22.8 Å². The van der Waals surface area contributed by atoms with E-state index >= 15 is 0 Å². The number of nitrogens with one attached hydrogen (secondary N) is 1. The molecule has 1 N–H and O–H groups in total. The lowest BCUT2D eigenvalue weighted by atomic mass is 10.1. The lowest BCUT2D eigenvalue weighted by Crippen LogP contribution is -2.51. The van der Waals surface area contributed by atoms with Crippen LogP contribution < -0.4 is 10.1 Å². The van der Waals surface area contributed by atoms with Crippen molar-refractivity contribution in [3.63, 3.8) is 0 Å². The maximum atomic E-state index is 13.3. The quantitative estimate of drug-likeness (QED) is 0.728. The van der Waals surface area contributed by atoms with Crippen molar-refractivity contribution in [1.29, 1.82) is 0 Å². The van der Waals surface area contributed by atoms with Gasteiger partial charge in [0.2, 0.25) is 0 Å². The van der Waals surface area contributed by atoms with Crippen molar-refractivity contribution in [2.24, 2.45) is 0 Å². The zero-order chi connectivity index (χ0) is 20.2. The van der Waals surface area contributed by atoms with Crippen molar-refractivity contribution in [2.45, 2.75) is 19.5 Å². The molecule has 0 saturated carbocycles. The lowest BCUT2D eigenvalue weighted by Gasteiger charge is -2.31. The van der Waals surface area contributed by atoms with E-state index in [1.54, 1.807) is 7.11 Å². The zero-order valence-electron chi connectivity index (χ0n) is 16.8. The summed E-state index contributed by atoms with van der Waals surface area (Å²) in [6.07, 6.45) is 1.88. The minimum Gasteiger partial charge on any atom is -0.497 e. The molecular weight excluding hydrogens is 364 g/mol. The summed E-state index contributed by atoms with van der Waals surface area (Å²) >= 11 is 0. The molecule has 1 aliphatic rings. The SMILES string of the molecule is COc1ccc(-c2nn(Cc3ccccc3)cc2C(=O)N2CCNC(C)C2)cc1. The Labute approximate surface area is 171 Å². The molecule has 0 spiro atoms. The Kier molecular flexibility index (Phi) is 5.62. The number of hydrogen-bond acceptors (Lipinski definition) is 4. The Hall–Kier alpha value is -3.12. The van der Waals surface area contributed by atoms with Crippen LogP contribution in [0.25, 0.3) is 11.3 Å². The van der Waals surface area contributed by atoms with E-state index in [0.29, 0.717) is 30.9 Å². The molecule has 150 valence electrons. The first-order valence-electron chi connectivity index (χ1n) is 9.92. The summed E-state index contributed by atoms with van der Waals surface area (Å²) in [7, 11) is 1.64. The highest BCUT2D eigenvalue weighted by molar-refractivity contribution is 6.00. The number of ether oxygens (including phenoxy) is 1. The minimum atomic E-state index is 0.0310. The van der Waals surface area contributed by atoms with E-state index in [2.05, 4.69) is 24.4 Å². The molecule has 1 aromatic heterocycles. The van der Waals surface area contributed by atoms with Gasteiger partial charge < -0.3 is 15.0 Å². The number of hydrogen-bond donors (Lipinski definition) is 1. The molecule has 2 aromatic carbocycles. The molecule has 1 unspecified atom stereocenters. The maximum absolute atomic E-state index is 13.3. The third-order valence-corrected chi connectivity index (χ3v) is 5.20. The maximum Gasteiger partial charge on any atom is 0.257 e. The summed E-state index contributed by atoms with van der Waals surface area (Å²) in [5.41, 5.74) is 3.40. The molecule has 3 aromatic rings. The van der Waals surface area contributed by atoms with Gasteiger partial charge in [0.25, 0.3) is 5.91 Å². The van der Waals surface area contributed by atoms with Crippen LogP contribution in [0.15, 0.2) is 60.8 Å². The van der Waals surface area contributed by atoms with E-state index in [4.69, 9.17) is 9.84 Å². The van der Waals surface area contributed by atoms with Gasteiger partial charge in [-0.25, -0.2) is 0 Å². The van der Waals surface area contributed by atoms with Crippen molar-refractivity contribution >= 4 is 5.91 Å². The molecule has 6 nitrogen and oxygen atoms in total. The highest BCUT2D eigenvalue weighted by Gasteiger charge is 2.26. The van der Waals surface area contributed by atoms with Gasteiger partial charge in [-0.15, -0.1) is 0 Å². The van der Waals surface area contributed by atoms with Crippen LogP contribution in [0.3, 0.4) is 0 Å². The fourth-order valence-corrected chi connectivity index (χ4v) is 3.68. The molecule has 2 heterocycles. The first-order valence-corrected chi connectivity index (χ1v) is 9.92. The number of benzene rings is 2. The molecule has 1 fully saturated rings. The second kappa shape index (κ2) is 8.49. The molecule has 0 bridgehead atoms. The fourth-order valence-electron chi connectivity index (χ4n) is 3.68. The largest absolute Gasteiger partial charge is 0.497 e. The van der Waals surface area contributed by atoms with E-state index in [1.807, 2.05) is 58.2 Å². The normalized spacial score (nSPS) is 16.6. The summed E-state index contributed by atoms with van der Waals surface area (Å²) in [5.74, 6) is 0.810. The molecule has 0 radical (unpaired) electrons. The summed E-state index contributed by atoms with van der Waals surface area (Å²) in [6.45, 7) is 4.93. The average Bonchev–Trinajstić information content (AvgIpc) is 3.17. The smallest absolute Gasteiger partial charge is 0.257 e. The van der Waals surface area contributed by atoms with E-state index in [-0.39, 0.29) is 11.9 Å². The molecule has 4 rings (SSSR count). The van der Waals surface area contributed by atoms with Gasteiger partial charge in [0, 0.05) is 37.4 Å². The molecule has 29 heavy (non-hydrogen) atoms. The lowest BCUT2D eigenvalue weighted by molar-refractivity contribution is 0.0709. The average molecular weight is 390 g/mol. The van der Waals surface area contributed by atoms with Crippen LogP contribution in [0.5, 0.6) is 5.75 Å². The summed E-state index contributed by atoms with van der Waals surface area (Å²) in [5, 5.41) is 8.17. The zero-order valence-corrected chi connectivity index (χ0v) is 16.8. The van der Waals surface area contributed by atoms with Gasteiger partial charge in [-0.1, -0.05) is 30.3 Å². The summed E-state index contributed by atoms with van der Waals surface area (Å²) in [6, 6.07) is 18.1. The number of carbonyl (C=O) groups excluding carboxylic acids is 1. The van der Waals surface area contributed by atoms with Gasteiger partial charge in [0.1, 0.15) is 11.4 Å². The van der Waals surface area contributed by atoms with Crippen LogP contribution in [0.2, 0.25) is 0 Å². The molecule has 6 heteroatoms. The van der Waals surface area contributed by atoms with Crippen molar-refractivity contribution in [3.8, 4) is 17.0 Å². The van der Waals surface area contributed by atoms with Crippen molar-refractivity contribution in [2.75, 3.05) is 26.7 Å². The molecule has 0 aliphatic carbocycles. The Balaban J connectivity index is 1.69. The minimum absolute atomic E-state index is 0.0310. The summed E-state index contributed by atoms with van der Waals surface area (Å²) < 4.78 is 7.12. The van der Waals surface area contributed by atoms with Crippen molar-refractivity contribution in [3.05, 3.63) is 71.9 Å². The first-order chi connectivity index (χ1) is 14.1. The number of aromatic nitrogens is 2. The summed E-state index contributed by atoms with van der Waals surface area (Å²) in [4.78, 5) is 15.3.